The quantitative estimate of drug-likeness (QED) is 0.410. The Labute approximate surface area is 90.4 Å². The first-order chi connectivity index (χ1) is 7.29. The predicted molar refractivity (Wildman–Crippen MR) is 63.9 cm³/mol. The molecule has 1 nitrogen and oxygen atoms in total. The van der Waals surface area contributed by atoms with Crippen LogP contribution in [0.2, 0.25) is 0 Å². The van der Waals surface area contributed by atoms with E-state index in [1.807, 2.05) is 43.3 Å². The van der Waals surface area contributed by atoms with Gasteiger partial charge in [0, 0.05) is 11.1 Å². The van der Waals surface area contributed by atoms with Crippen molar-refractivity contribution in [1.82, 2.24) is 0 Å². The Morgan fingerprint density at radius 3 is 2.47 bits per heavy atom. The van der Waals surface area contributed by atoms with Gasteiger partial charge < -0.3 is 0 Å². The monoisotopic (exact) mass is 198 g/mol. The molecule has 0 atom stereocenters. The van der Waals surface area contributed by atoms with Crippen LogP contribution in [0.15, 0.2) is 66.8 Å². The van der Waals surface area contributed by atoms with Gasteiger partial charge >= 0.3 is 0 Å². The van der Waals surface area contributed by atoms with Crippen molar-refractivity contribution < 1.29 is 4.79 Å². The van der Waals surface area contributed by atoms with E-state index in [4.69, 9.17) is 0 Å². The standard InChI is InChI=1S/C14H14O/c1-3-8-12(9-4-2)14(15)13-10-6-5-7-11-13/h3-11H,1H2,2H3/b9-4-,12-8+. The summed E-state index contributed by atoms with van der Waals surface area (Å²) in [6, 6.07) is 9.22. The average molecular weight is 198 g/mol. The van der Waals surface area contributed by atoms with Crippen molar-refractivity contribution in [2.45, 2.75) is 6.92 Å². The van der Waals surface area contributed by atoms with Crippen molar-refractivity contribution in [2.75, 3.05) is 0 Å². The molecule has 0 aromatic heterocycles. The highest BCUT2D eigenvalue weighted by Gasteiger charge is 2.07. The molecule has 0 N–H and O–H groups in total. The number of carbonyl (C=O) groups excluding carboxylic acids is 1. The second kappa shape index (κ2) is 5.76. The van der Waals surface area contributed by atoms with E-state index in [1.165, 1.54) is 0 Å². The minimum atomic E-state index is 0.0219. The molecule has 1 rings (SSSR count). The van der Waals surface area contributed by atoms with Crippen LogP contribution in [0, 0.1) is 0 Å². The first kappa shape index (κ1) is 11.2. The zero-order chi connectivity index (χ0) is 11.1. The number of hydrogen-bond donors (Lipinski definition) is 0. The summed E-state index contributed by atoms with van der Waals surface area (Å²) in [7, 11) is 0. The molecule has 0 aliphatic carbocycles. The lowest BCUT2D eigenvalue weighted by molar-refractivity contribution is 0.103. The molecule has 0 spiro atoms. The van der Waals surface area contributed by atoms with Gasteiger partial charge in [0.2, 0.25) is 0 Å². The first-order valence-electron chi connectivity index (χ1n) is 4.84. The van der Waals surface area contributed by atoms with Crippen LogP contribution in [0.25, 0.3) is 0 Å². The fourth-order valence-electron chi connectivity index (χ4n) is 1.27. The van der Waals surface area contributed by atoms with Crippen LogP contribution < -0.4 is 0 Å². The van der Waals surface area contributed by atoms with E-state index in [-0.39, 0.29) is 5.78 Å². The van der Waals surface area contributed by atoms with Crippen LogP contribution in [0.4, 0.5) is 0 Å². The molecule has 1 heteroatoms. The summed E-state index contributed by atoms with van der Waals surface area (Å²) in [5.41, 5.74) is 1.35. The van der Waals surface area contributed by atoms with Gasteiger partial charge in [-0.15, -0.1) is 0 Å². The number of rotatable bonds is 4. The largest absolute Gasteiger partial charge is 0.289 e. The van der Waals surface area contributed by atoms with Crippen LogP contribution in [0.3, 0.4) is 0 Å². The number of benzene rings is 1. The van der Waals surface area contributed by atoms with Gasteiger partial charge in [0.25, 0.3) is 0 Å². The SMILES string of the molecule is C=C/C=C(\C=C/C)C(=O)c1ccccc1. The van der Waals surface area contributed by atoms with Gasteiger partial charge in [-0.05, 0) is 6.92 Å². The lowest BCUT2D eigenvalue weighted by atomic mass is 10.0. The normalized spacial score (nSPS) is 11.7. The van der Waals surface area contributed by atoms with Gasteiger partial charge in [0.1, 0.15) is 0 Å². The Balaban J connectivity index is 3.02. The molecular weight excluding hydrogens is 184 g/mol. The Hall–Kier alpha value is -1.89. The zero-order valence-corrected chi connectivity index (χ0v) is 8.81. The molecule has 0 heterocycles. The van der Waals surface area contributed by atoms with Crippen molar-refractivity contribution in [1.29, 1.82) is 0 Å². The average Bonchev–Trinajstić information content (AvgIpc) is 2.29. The number of hydrogen-bond acceptors (Lipinski definition) is 1. The minimum absolute atomic E-state index is 0.0219. The highest BCUT2D eigenvalue weighted by atomic mass is 16.1. The highest BCUT2D eigenvalue weighted by molar-refractivity contribution is 6.10. The molecule has 0 unspecified atom stereocenters. The number of ketones is 1. The topological polar surface area (TPSA) is 17.1 Å². The lowest BCUT2D eigenvalue weighted by Crippen LogP contribution is -2.00. The third-order valence-electron chi connectivity index (χ3n) is 1.94. The summed E-state index contributed by atoms with van der Waals surface area (Å²) in [6.45, 7) is 5.48. The molecule has 0 aliphatic rings. The third-order valence-corrected chi connectivity index (χ3v) is 1.94. The van der Waals surface area contributed by atoms with Crippen molar-refractivity contribution >= 4 is 5.78 Å². The predicted octanol–water partition coefficient (Wildman–Crippen LogP) is 3.56. The van der Waals surface area contributed by atoms with E-state index in [0.29, 0.717) is 11.1 Å². The Morgan fingerprint density at radius 2 is 1.93 bits per heavy atom. The molecule has 1 aromatic carbocycles. The summed E-state index contributed by atoms with van der Waals surface area (Å²) in [4.78, 5) is 12.0. The van der Waals surface area contributed by atoms with Crippen molar-refractivity contribution in [3.63, 3.8) is 0 Å². The Kier molecular flexibility index (Phi) is 4.30. The molecule has 0 radical (unpaired) electrons. The summed E-state index contributed by atoms with van der Waals surface area (Å²) in [5.74, 6) is 0.0219. The summed E-state index contributed by atoms with van der Waals surface area (Å²) < 4.78 is 0. The fourth-order valence-corrected chi connectivity index (χ4v) is 1.27. The van der Waals surface area contributed by atoms with E-state index < -0.39 is 0 Å². The van der Waals surface area contributed by atoms with Gasteiger partial charge in [0.05, 0.1) is 0 Å². The lowest BCUT2D eigenvalue weighted by Gasteiger charge is -2.00. The van der Waals surface area contributed by atoms with Crippen LogP contribution in [-0.4, -0.2) is 5.78 Å². The van der Waals surface area contributed by atoms with Crippen LogP contribution in [0.5, 0.6) is 0 Å². The molecule has 0 fully saturated rings. The molecule has 0 saturated carbocycles. The van der Waals surface area contributed by atoms with Crippen LogP contribution in [-0.2, 0) is 0 Å². The van der Waals surface area contributed by atoms with E-state index in [9.17, 15) is 4.79 Å². The van der Waals surface area contributed by atoms with E-state index in [0.717, 1.165) is 0 Å². The third kappa shape index (κ3) is 3.06. The highest BCUT2D eigenvalue weighted by Crippen LogP contribution is 2.09. The molecule has 0 bridgehead atoms. The molecule has 15 heavy (non-hydrogen) atoms. The number of allylic oxidation sites excluding steroid dienone is 5. The summed E-state index contributed by atoms with van der Waals surface area (Å²) in [6.07, 6.45) is 6.97. The van der Waals surface area contributed by atoms with Gasteiger partial charge in [-0.3, -0.25) is 4.79 Å². The molecule has 0 saturated heterocycles. The summed E-state index contributed by atoms with van der Waals surface area (Å²) >= 11 is 0. The van der Waals surface area contributed by atoms with Crippen molar-refractivity contribution in [3.8, 4) is 0 Å². The molecule has 76 valence electrons. The smallest absolute Gasteiger partial charge is 0.193 e. The van der Waals surface area contributed by atoms with Gasteiger partial charge in [0.15, 0.2) is 5.78 Å². The maximum absolute atomic E-state index is 12.0. The summed E-state index contributed by atoms with van der Waals surface area (Å²) in [5, 5.41) is 0. The second-order valence-corrected chi connectivity index (χ2v) is 3.05. The fraction of sp³-hybridized carbons (Fsp3) is 0.0714. The van der Waals surface area contributed by atoms with Gasteiger partial charge in [-0.1, -0.05) is 61.2 Å². The molecular formula is C14H14O. The zero-order valence-electron chi connectivity index (χ0n) is 8.81. The van der Waals surface area contributed by atoms with E-state index in [1.54, 1.807) is 18.2 Å². The second-order valence-electron chi connectivity index (χ2n) is 3.05. The number of carbonyl (C=O) groups is 1. The van der Waals surface area contributed by atoms with Gasteiger partial charge in [-0.25, -0.2) is 0 Å². The Bertz CT molecular complexity index is 397. The molecule has 0 aliphatic heterocycles. The van der Waals surface area contributed by atoms with Gasteiger partial charge in [-0.2, -0.15) is 0 Å². The van der Waals surface area contributed by atoms with Crippen molar-refractivity contribution in [3.05, 3.63) is 72.4 Å². The maximum atomic E-state index is 12.0. The van der Waals surface area contributed by atoms with Crippen LogP contribution >= 0.6 is 0 Å². The first-order valence-corrected chi connectivity index (χ1v) is 4.84. The van der Waals surface area contributed by atoms with E-state index >= 15 is 0 Å². The molecule has 0 amide bonds. The number of Topliss-reactive ketones (excluding diaryl/α,β-unsaturated/α-hetero) is 1. The van der Waals surface area contributed by atoms with Crippen LogP contribution in [0.1, 0.15) is 17.3 Å². The van der Waals surface area contributed by atoms with E-state index in [2.05, 4.69) is 6.58 Å². The maximum Gasteiger partial charge on any atom is 0.193 e. The minimum Gasteiger partial charge on any atom is -0.289 e. The molecule has 1 aromatic rings. The Morgan fingerprint density at radius 1 is 1.27 bits per heavy atom. The van der Waals surface area contributed by atoms with Crippen molar-refractivity contribution in [2.24, 2.45) is 0 Å².